The molecular formula is C18H11F3N2O4. The summed E-state index contributed by atoms with van der Waals surface area (Å²) in [5.41, 5.74) is -1.20. The van der Waals surface area contributed by atoms with Crippen LogP contribution in [0.1, 0.15) is 5.56 Å². The maximum absolute atomic E-state index is 13.1. The minimum absolute atomic E-state index is 0.00811. The molecule has 0 saturated heterocycles. The third-order valence-electron chi connectivity index (χ3n) is 3.91. The van der Waals surface area contributed by atoms with E-state index in [9.17, 15) is 33.5 Å². The van der Waals surface area contributed by atoms with Crippen molar-refractivity contribution in [1.82, 2.24) is 4.98 Å². The molecule has 2 aromatic carbocycles. The lowest BCUT2D eigenvalue weighted by Crippen LogP contribution is -2.06. The Balaban J connectivity index is 2.03. The van der Waals surface area contributed by atoms with Gasteiger partial charge in [0.25, 0.3) is 0 Å². The van der Waals surface area contributed by atoms with Crippen LogP contribution in [0.4, 0.5) is 18.9 Å². The van der Waals surface area contributed by atoms with Crippen LogP contribution in [-0.2, 0) is 6.18 Å². The van der Waals surface area contributed by atoms with Crippen LogP contribution in [0.25, 0.3) is 22.4 Å². The molecule has 0 radical (unpaired) electrons. The van der Waals surface area contributed by atoms with Crippen molar-refractivity contribution >= 4 is 5.69 Å². The Morgan fingerprint density at radius 3 is 2.22 bits per heavy atom. The summed E-state index contributed by atoms with van der Waals surface area (Å²) in [6.45, 7) is 0. The number of nitrogens with zero attached hydrogens (tertiary/aromatic N) is 2. The fourth-order valence-electron chi connectivity index (χ4n) is 2.62. The maximum Gasteiger partial charge on any atom is 0.417 e. The topological polar surface area (TPSA) is 96.5 Å². The largest absolute Gasteiger partial charge is 0.504 e. The molecule has 138 valence electrons. The van der Waals surface area contributed by atoms with Gasteiger partial charge in [0.15, 0.2) is 5.75 Å². The van der Waals surface area contributed by atoms with Gasteiger partial charge in [-0.25, -0.2) is 0 Å². The number of benzene rings is 2. The van der Waals surface area contributed by atoms with Gasteiger partial charge in [-0.2, -0.15) is 13.2 Å². The average molecular weight is 376 g/mol. The van der Waals surface area contributed by atoms with Crippen LogP contribution in [0.2, 0.25) is 0 Å². The highest BCUT2D eigenvalue weighted by atomic mass is 19.4. The Labute approximate surface area is 150 Å². The molecule has 3 aromatic rings. The second-order valence-corrected chi connectivity index (χ2v) is 5.56. The molecular weight excluding hydrogens is 365 g/mol. The zero-order valence-corrected chi connectivity index (χ0v) is 13.4. The molecule has 0 aliphatic carbocycles. The molecule has 0 spiro atoms. The van der Waals surface area contributed by atoms with Crippen LogP contribution >= 0.6 is 0 Å². The van der Waals surface area contributed by atoms with Crippen LogP contribution < -0.4 is 0 Å². The smallest absolute Gasteiger partial charge is 0.417 e. The molecule has 9 heteroatoms. The molecule has 0 fully saturated rings. The molecule has 0 saturated carbocycles. The van der Waals surface area contributed by atoms with E-state index < -0.39 is 33.8 Å². The number of halogens is 3. The summed E-state index contributed by atoms with van der Waals surface area (Å²) in [7, 11) is 0. The van der Waals surface area contributed by atoms with E-state index in [1.807, 2.05) is 0 Å². The van der Waals surface area contributed by atoms with E-state index in [2.05, 4.69) is 4.98 Å². The van der Waals surface area contributed by atoms with E-state index in [0.717, 1.165) is 12.1 Å². The minimum atomic E-state index is -4.53. The van der Waals surface area contributed by atoms with Crippen LogP contribution in [0.15, 0.2) is 54.7 Å². The van der Waals surface area contributed by atoms with Crippen molar-refractivity contribution in [3.63, 3.8) is 0 Å². The molecule has 6 nitrogen and oxygen atoms in total. The summed E-state index contributed by atoms with van der Waals surface area (Å²) in [5, 5.41) is 30.5. The zero-order valence-electron chi connectivity index (χ0n) is 13.4. The maximum atomic E-state index is 13.1. The molecule has 27 heavy (non-hydrogen) atoms. The third kappa shape index (κ3) is 3.39. The summed E-state index contributed by atoms with van der Waals surface area (Å²) < 4.78 is 39.4. The van der Waals surface area contributed by atoms with Gasteiger partial charge in [-0.15, -0.1) is 0 Å². The normalized spacial score (nSPS) is 11.4. The summed E-state index contributed by atoms with van der Waals surface area (Å²) in [5.74, 6) is -1.65. The van der Waals surface area contributed by atoms with Crippen molar-refractivity contribution in [2.24, 2.45) is 0 Å². The third-order valence-corrected chi connectivity index (χ3v) is 3.91. The van der Waals surface area contributed by atoms with E-state index >= 15 is 0 Å². The number of phenols is 2. The lowest BCUT2D eigenvalue weighted by molar-refractivity contribution is -0.385. The van der Waals surface area contributed by atoms with Crippen LogP contribution in [0.5, 0.6) is 11.5 Å². The molecule has 0 unspecified atom stereocenters. The number of rotatable bonds is 3. The minimum Gasteiger partial charge on any atom is -0.504 e. The number of nitro benzene ring substituents is 1. The lowest BCUT2D eigenvalue weighted by Gasteiger charge is -2.13. The quantitative estimate of drug-likeness (QED) is 0.390. The highest BCUT2D eigenvalue weighted by Gasteiger charge is 2.33. The van der Waals surface area contributed by atoms with Gasteiger partial charge in [0.2, 0.25) is 5.75 Å². The van der Waals surface area contributed by atoms with Gasteiger partial charge in [-0.3, -0.25) is 15.1 Å². The van der Waals surface area contributed by atoms with Crippen molar-refractivity contribution in [2.45, 2.75) is 6.18 Å². The molecule has 1 heterocycles. The summed E-state index contributed by atoms with van der Waals surface area (Å²) >= 11 is 0. The number of alkyl halides is 3. The number of phenolic OH excluding ortho intramolecular Hbond substituents is 2. The van der Waals surface area contributed by atoms with Crippen molar-refractivity contribution in [3.8, 4) is 33.9 Å². The summed E-state index contributed by atoms with van der Waals surface area (Å²) in [6, 6.07) is 9.95. The van der Waals surface area contributed by atoms with Crippen molar-refractivity contribution in [2.75, 3.05) is 0 Å². The summed E-state index contributed by atoms with van der Waals surface area (Å²) in [6.07, 6.45) is -3.34. The monoisotopic (exact) mass is 376 g/mol. The molecule has 0 aliphatic rings. The average Bonchev–Trinajstić information content (AvgIpc) is 2.63. The van der Waals surface area contributed by atoms with E-state index in [1.165, 1.54) is 42.6 Å². The Kier molecular flexibility index (Phi) is 4.44. The van der Waals surface area contributed by atoms with E-state index in [4.69, 9.17) is 0 Å². The predicted molar refractivity (Wildman–Crippen MR) is 90.1 cm³/mol. The second-order valence-electron chi connectivity index (χ2n) is 5.56. The Bertz CT molecular complexity index is 1020. The molecule has 0 atom stereocenters. The van der Waals surface area contributed by atoms with Gasteiger partial charge < -0.3 is 10.2 Å². The first-order valence-electron chi connectivity index (χ1n) is 7.52. The van der Waals surface area contributed by atoms with Crippen molar-refractivity contribution < 1.29 is 28.3 Å². The molecule has 0 bridgehead atoms. The van der Waals surface area contributed by atoms with Gasteiger partial charge >= 0.3 is 11.9 Å². The fraction of sp³-hybridized carbons (Fsp3) is 0.0556. The van der Waals surface area contributed by atoms with Gasteiger partial charge in [-0.1, -0.05) is 24.3 Å². The number of nitro groups is 1. The fourth-order valence-corrected chi connectivity index (χ4v) is 2.62. The lowest BCUT2D eigenvalue weighted by atomic mass is 10.00. The van der Waals surface area contributed by atoms with Crippen LogP contribution in [0.3, 0.4) is 0 Å². The highest BCUT2D eigenvalue weighted by Crippen LogP contribution is 2.42. The number of pyridine rings is 1. The van der Waals surface area contributed by atoms with Crippen LogP contribution in [-0.4, -0.2) is 20.1 Å². The number of aromatic hydroxyl groups is 2. The zero-order chi connectivity index (χ0) is 19.8. The van der Waals surface area contributed by atoms with Gasteiger partial charge in [0.05, 0.1) is 16.2 Å². The Morgan fingerprint density at radius 1 is 0.926 bits per heavy atom. The van der Waals surface area contributed by atoms with Gasteiger partial charge in [-0.05, 0) is 23.8 Å². The Hall–Kier alpha value is -3.62. The molecule has 3 rings (SSSR count). The van der Waals surface area contributed by atoms with E-state index in [1.54, 1.807) is 0 Å². The summed E-state index contributed by atoms with van der Waals surface area (Å²) in [4.78, 5) is 13.9. The molecule has 0 amide bonds. The molecule has 2 N–H and O–H groups in total. The van der Waals surface area contributed by atoms with Crippen LogP contribution in [0, 0.1) is 10.1 Å². The van der Waals surface area contributed by atoms with Crippen molar-refractivity contribution in [1.29, 1.82) is 0 Å². The predicted octanol–water partition coefficient (Wildman–Crippen LogP) is 4.75. The van der Waals surface area contributed by atoms with Gasteiger partial charge in [0.1, 0.15) is 0 Å². The first-order valence-corrected chi connectivity index (χ1v) is 7.52. The first-order chi connectivity index (χ1) is 12.7. The number of hydrogen-bond donors (Lipinski definition) is 2. The van der Waals surface area contributed by atoms with Crippen molar-refractivity contribution in [3.05, 3.63) is 70.4 Å². The molecule has 1 aromatic heterocycles. The number of aromatic nitrogens is 1. The molecule has 0 aliphatic heterocycles. The highest BCUT2D eigenvalue weighted by molar-refractivity contribution is 5.76. The van der Waals surface area contributed by atoms with E-state index in [0.29, 0.717) is 0 Å². The second kappa shape index (κ2) is 6.60. The number of hydrogen-bond acceptors (Lipinski definition) is 5. The SMILES string of the molecule is O=[N+]([O-])c1ccc(-c2ccc(-c3ccccc3C(F)(F)F)cn2)c(O)c1O. The van der Waals surface area contributed by atoms with Gasteiger partial charge in [0, 0.05) is 23.4 Å². The standard InChI is InChI=1S/C18H11F3N2O4/c19-18(20,21)13-4-2-1-3-11(13)10-5-7-14(22-9-10)12-6-8-15(23(26)27)17(25)16(12)24/h1-9,24-25H. The van der Waals surface area contributed by atoms with E-state index in [-0.39, 0.29) is 22.4 Å². The first kappa shape index (κ1) is 18.2. The Morgan fingerprint density at radius 2 is 1.63 bits per heavy atom.